The lowest BCUT2D eigenvalue weighted by Crippen LogP contribution is -1.28. The Morgan fingerprint density at radius 2 is 2.00 bits per heavy atom. The van der Waals surface area contributed by atoms with Crippen LogP contribution in [-0.4, -0.2) is 4.21 Å². The zero-order chi connectivity index (χ0) is 3.58. The number of hydrogen-bond acceptors (Lipinski definition) is 3. The van der Waals surface area contributed by atoms with Crippen molar-refractivity contribution in [3.8, 4) is 0 Å². The van der Waals surface area contributed by atoms with Crippen molar-refractivity contribution in [2.75, 3.05) is 0 Å². The fourth-order valence-electron chi connectivity index (χ4n) is 0. The molecule has 0 aliphatic heterocycles. The molecule has 0 heterocycles. The van der Waals surface area contributed by atoms with Crippen LogP contribution in [0.1, 0.15) is 0 Å². The van der Waals surface area contributed by atoms with Crippen LogP contribution in [0.3, 0.4) is 0 Å². The summed E-state index contributed by atoms with van der Waals surface area (Å²) in [6.45, 7) is 0. The van der Waals surface area contributed by atoms with Gasteiger partial charge in [-0.2, -0.15) is 4.21 Å². The molecule has 0 saturated heterocycles. The molecule has 0 aliphatic rings. The van der Waals surface area contributed by atoms with E-state index in [9.17, 15) is 0 Å². The topological polar surface area (TPSA) is 40.9 Å². The summed E-state index contributed by atoms with van der Waals surface area (Å²) in [5.41, 5.74) is 0. The van der Waals surface area contributed by atoms with E-state index in [1.54, 1.807) is 0 Å². The van der Waals surface area contributed by atoms with Crippen molar-refractivity contribution < 1.29 is 4.21 Å². The van der Waals surface area contributed by atoms with Crippen molar-refractivity contribution in [2.45, 2.75) is 0 Å². The van der Waals surface area contributed by atoms with E-state index in [0.717, 1.165) is 0 Å². The van der Waals surface area contributed by atoms with Gasteiger partial charge in [0.15, 0.2) is 9.16 Å². The van der Waals surface area contributed by atoms with Crippen molar-refractivity contribution >= 4 is 20.3 Å². The van der Waals surface area contributed by atoms with Gasteiger partial charge in [0, 0.05) is 11.2 Å². The standard InChI is InChI=1S/HNOS2/c1-4(2)3/h1H. The molecule has 0 aromatic rings. The quantitative estimate of drug-likeness (QED) is 0.458. The molecule has 0 aromatic heterocycles. The van der Waals surface area contributed by atoms with E-state index in [2.05, 4.69) is 11.2 Å². The first kappa shape index (κ1) is 4.04. The maximum Gasteiger partial charge on any atom is 0.164 e. The molecule has 0 fully saturated rings. The van der Waals surface area contributed by atoms with Crippen LogP contribution >= 0.6 is 0 Å². The molecule has 4 heavy (non-hydrogen) atoms. The third-order valence-corrected chi connectivity index (χ3v) is 0. The van der Waals surface area contributed by atoms with E-state index < -0.39 is 9.16 Å². The van der Waals surface area contributed by atoms with Crippen molar-refractivity contribution in [1.82, 2.24) is 0 Å². The molecule has 24 valence electrons. The van der Waals surface area contributed by atoms with Gasteiger partial charge in [-0.15, -0.1) is 0 Å². The summed E-state index contributed by atoms with van der Waals surface area (Å²) >= 11 is 3.76. The van der Waals surface area contributed by atoms with Crippen LogP contribution in [0.4, 0.5) is 0 Å². The maximum absolute atomic E-state index is 9.04. The normalized spacial score (nSPS) is 6.00. The van der Waals surface area contributed by atoms with Gasteiger partial charge in [0.05, 0.1) is 0 Å². The van der Waals surface area contributed by atoms with Gasteiger partial charge in [-0.25, -0.2) is 4.78 Å². The summed E-state index contributed by atoms with van der Waals surface area (Å²) in [5, 5.41) is 0. The number of rotatable bonds is 0. The molecule has 0 aliphatic carbocycles. The monoisotopic (exact) mass is 94.9 g/mol. The molecule has 0 unspecified atom stereocenters. The third-order valence-electron chi connectivity index (χ3n) is 0. The molecule has 0 rings (SSSR count). The van der Waals surface area contributed by atoms with Gasteiger partial charge in [-0.3, -0.25) is 0 Å². The Morgan fingerprint density at radius 1 is 2.00 bits per heavy atom. The van der Waals surface area contributed by atoms with E-state index >= 15 is 0 Å². The van der Waals surface area contributed by atoms with Crippen LogP contribution in [0.2, 0.25) is 0 Å². The maximum atomic E-state index is 9.04. The van der Waals surface area contributed by atoms with Crippen LogP contribution in [0.25, 0.3) is 0 Å². The van der Waals surface area contributed by atoms with Crippen LogP contribution in [0.5, 0.6) is 0 Å². The largest absolute Gasteiger partial charge is 0.212 e. The van der Waals surface area contributed by atoms with Gasteiger partial charge < -0.3 is 0 Å². The highest BCUT2D eigenvalue weighted by molar-refractivity contribution is 8.15. The van der Waals surface area contributed by atoms with Gasteiger partial charge in [-0.05, 0) is 0 Å². The van der Waals surface area contributed by atoms with Crippen molar-refractivity contribution in [2.24, 2.45) is 0 Å². The second-order valence-electron chi connectivity index (χ2n) is 0.235. The zero-order valence-corrected chi connectivity index (χ0v) is 3.36. The summed E-state index contributed by atoms with van der Waals surface area (Å²) in [6.07, 6.45) is 0. The molecule has 1 N–H and O–H groups in total. The summed E-state index contributed by atoms with van der Waals surface area (Å²) in [7, 11) is -1.78. The van der Waals surface area contributed by atoms with Gasteiger partial charge in [0.1, 0.15) is 0 Å². The lowest BCUT2D eigenvalue weighted by molar-refractivity contribution is 0.696. The zero-order valence-electron chi connectivity index (χ0n) is 1.72. The fraction of sp³-hybridized carbons (Fsp3) is 0. The Labute approximate surface area is 30.1 Å². The predicted molar refractivity (Wildman–Crippen MR) is 18.2 cm³/mol. The van der Waals surface area contributed by atoms with E-state index in [-0.39, 0.29) is 0 Å². The smallest absolute Gasteiger partial charge is 0.164 e. The molecule has 0 bridgehead atoms. The average molecular weight is 95.1 g/mol. The predicted octanol–water partition coefficient (Wildman–Crippen LogP) is -0.0406. The Morgan fingerprint density at radius 3 is 2.00 bits per heavy atom. The Hall–Kier alpha value is 0.0400. The molecular weight excluding hydrogens is 94.1 g/mol. The molecule has 2 nitrogen and oxygen atoms in total. The first-order chi connectivity index (χ1) is 1.73. The molecule has 0 saturated carbocycles. The average Bonchev–Trinajstić information content (AvgIpc) is 0.811. The first-order valence-electron chi connectivity index (χ1n) is 0.537. The highest BCUT2D eigenvalue weighted by Crippen LogP contribution is 1.19. The van der Waals surface area contributed by atoms with E-state index in [1.807, 2.05) is 0 Å². The van der Waals surface area contributed by atoms with Gasteiger partial charge in [-0.1, -0.05) is 0 Å². The highest BCUT2D eigenvalue weighted by atomic mass is 32.8. The highest BCUT2D eigenvalue weighted by Gasteiger charge is 1.26. The van der Waals surface area contributed by atoms with Crippen molar-refractivity contribution in [3.05, 3.63) is 0 Å². The molecule has 0 amide bonds. The summed E-state index contributed by atoms with van der Waals surface area (Å²) < 4.78 is 14.9. The molecule has 0 radical (unpaired) electrons. The third kappa shape index (κ3) is 1380. The summed E-state index contributed by atoms with van der Waals surface area (Å²) in [4.78, 5) is 0. The molecule has 0 atom stereocenters. The second-order valence-corrected chi connectivity index (χ2v) is 1.61. The Balaban J connectivity index is 4.65. The van der Waals surface area contributed by atoms with E-state index in [1.165, 1.54) is 0 Å². The van der Waals surface area contributed by atoms with E-state index in [4.69, 9.17) is 8.99 Å². The second kappa shape index (κ2) is 1.37. The van der Waals surface area contributed by atoms with Crippen molar-refractivity contribution in [1.29, 1.82) is 4.78 Å². The van der Waals surface area contributed by atoms with Gasteiger partial charge >= 0.3 is 0 Å². The minimum absolute atomic E-state index is 1.78. The Bertz CT molecular complexity index is 75.4. The number of nitrogens with one attached hydrogen (secondary N) is 1. The summed E-state index contributed by atoms with van der Waals surface area (Å²) in [5.74, 6) is 0. The minimum Gasteiger partial charge on any atom is -0.212 e. The van der Waals surface area contributed by atoms with Gasteiger partial charge in [0.25, 0.3) is 0 Å². The Kier molecular flexibility index (Phi) is 1.38. The summed E-state index contributed by atoms with van der Waals surface area (Å²) in [6, 6.07) is 0. The van der Waals surface area contributed by atoms with Crippen LogP contribution in [-0.2, 0) is 20.3 Å². The first-order valence-corrected chi connectivity index (χ1v) is 2.61. The number of hydrogen-bond donors (Lipinski definition) is 1. The lowest BCUT2D eigenvalue weighted by Gasteiger charge is -1.22. The lowest BCUT2D eigenvalue weighted by atomic mass is 14.0. The molecule has 0 spiro atoms. The fourth-order valence-corrected chi connectivity index (χ4v) is 0. The molecular formula is HNOS2. The van der Waals surface area contributed by atoms with Crippen LogP contribution < -0.4 is 0 Å². The van der Waals surface area contributed by atoms with Crippen LogP contribution in [0, 0.1) is 4.78 Å². The minimum atomic E-state index is -1.78. The van der Waals surface area contributed by atoms with Crippen molar-refractivity contribution in [3.63, 3.8) is 0 Å². The van der Waals surface area contributed by atoms with E-state index in [0.29, 0.717) is 0 Å². The van der Waals surface area contributed by atoms with Gasteiger partial charge in [0.2, 0.25) is 0 Å². The molecule has 0 aromatic carbocycles. The van der Waals surface area contributed by atoms with Crippen LogP contribution in [0.15, 0.2) is 0 Å². The molecule has 4 heteroatoms. The SMILES string of the molecule is N=S(=O)=S.